The smallest absolute Gasteiger partial charge is 0.335 e. The number of hydrogen-bond acceptors (Lipinski definition) is 3. The summed E-state index contributed by atoms with van der Waals surface area (Å²) in [6.07, 6.45) is 7.70. The Bertz CT molecular complexity index is 400. The summed E-state index contributed by atoms with van der Waals surface area (Å²) in [6, 6.07) is 0. The minimum Gasteiger partial charge on any atom is -0.435 e. The molecule has 0 aliphatic heterocycles. The van der Waals surface area contributed by atoms with E-state index >= 15 is 0 Å². The topological polar surface area (TPSA) is 35.5 Å². The van der Waals surface area contributed by atoms with Crippen LogP contribution >= 0.6 is 0 Å². The van der Waals surface area contributed by atoms with E-state index in [2.05, 4.69) is 13.5 Å². The van der Waals surface area contributed by atoms with Crippen molar-refractivity contribution in [2.45, 2.75) is 58.0 Å². The van der Waals surface area contributed by atoms with E-state index in [1.807, 2.05) is 0 Å². The maximum Gasteiger partial charge on any atom is 0.335 e. The van der Waals surface area contributed by atoms with Crippen molar-refractivity contribution < 1.29 is 14.3 Å². The van der Waals surface area contributed by atoms with Gasteiger partial charge in [0.15, 0.2) is 6.79 Å². The van der Waals surface area contributed by atoms with E-state index in [-0.39, 0.29) is 18.4 Å². The van der Waals surface area contributed by atoms with Crippen molar-refractivity contribution in [3.63, 3.8) is 0 Å². The first-order valence-electron chi connectivity index (χ1n) is 8.00. The third-order valence-corrected chi connectivity index (χ3v) is 5.78. The summed E-state index contributed by atoms with van der Waals surface area (Å²) in [6.45, 7) is 7.64. The van der Waals surface area contributed by atoms with Crippen molar-refractivity contribution in [1.29, 1.82) is 0 Å². The molecule has 20 heavy (non-hydrogen) atoms. The van der Waals surface area contributed by atoms with Gasteiger partial charge in [0.25, 0.3) is 0 Å². The first kappa shape index (κ1) is 14.1. The van der Waals surface area contributed by atoms with E-state index in [1.54, 1.807) is 6.92 Å². The number of hydrogen-bond donors (Lipinski definition) is 0. The standard InChI is InChI=1S/C17H26O3/c1-4-15-14-6-12-5-13(7-14)9-17(15,8-12)20-10-19-16(18)11(2)3/h12-15H,2,4-10H2,1,3H3. The summed E-state index contributed by atoms with van der Waals surface area (Å²) >= 11 is 0. The Morgan fingerprint density at radius 2 is 1.90 bits per heavy atom. The molecule has 4 aliphatic rings. The van der Waals surface area contributed by atoms with Gasteiger partial charge >= 0.3 is 5.97 Å². The van der Waals surface area contributed by atoms with Crippen LogP contribution in [0.2, 0.25) is 0 Å². The van der Waals surface area contributed by atoms with Crippen molar-refractivity contribution in [2.24, 2.45) is 23.7 Å². The highest BCUT2D eigenvalue weighted by Crippen LogP contribution is 2.60. The van der Waals surface area contributed by atoms with Crippen LogP contribution in [0.25, 0.3) is 0 Å². The number of esters is 1. The molecule has 3 unspecified atom stereocenters. The lowest BCUT2D eigenvalue weighted by molar-refractivity contribution is -0.236. The molecule has 0 aromatic rings. The summed E-state index contributed by atoms with van der Waals surface area (Å²) in [7, 11) is 0. The van der Waals surface area contributed by atoms with E-state index in [0.717, 1.165) is 17.8 Å². The van der Waals surface area contributed by atoms with Crippen molar-refractivity contribution in [3.8, 4) is 0 Å². The first-order chi connectivity index (χ1) is 9.54. The quantitative estimate of drug-likeness (QED) is 0.437. The van der Waals surface area contributed by atoms with Gasteiger partial charge in [-0.15, -0.1) is 0 Å². The fraction of sp³-hybridized carbons (Fsp3) is 0.824. The highest BCUT2D eigenvalue weighted by Gasteiger charge is 2.57. The molecule has 0 N–H and O–H groups in total. The Morgan fingerprint density at radius 1 is 1.25 bits per heavy atom. The zero-order valence-corrected chi connectivity index (χ0v) is 12.7. The second-order valence-corrected chi connectivity index (χ2v) is 7.16. The summed E-state index contributed by atoms with van der Waals surface area (Å²) < 4.78 is 11.4. The molecule has 3 nitrogen and oxygen atoms in total. The first-order valence-corrected chi connectivity index (χ1v) is 8.00. The summed E-state index contributed by atoms with van der Waals surface area (Å²) in [4.78, 5) is 11.5. The van der Waals surface area contributed by atoms with Crippen LogP contribution < -0.4 is 0 Å². The van der Waals surface area contributed by atoms with Crippen molar-refractivity contribution in [2.75, 3.05) is 6.79 Å². The van der Waals surface area contributed by atoms with E-state index in [9.17, 15) is 4.79 Å². The molecule has 0 aromatic carbocycles. The van der Waals surface area contributed by atoms with Gasteiger partial charge in [-0.1, -0.05) is 19.9 Å². The number of carbonyl (C=O) groups is 1. The molecule has 4 rings (SSSR count). The minimum atomic E-state index is -0.345. The molecule has 0 radical (unpaired) electrons. The fourth-order valence-corrected chi connectivity index (χ4v) is 5.32. The van der Waals surface area contributed by atoms with Crippen LogP contribution in [0.1, 0.15) is 52.4 Å². The Morgan fingerprint density at radius 3 is 2.45 bits per heavy atom. The minimum absolute atomic E-state index is 0.0150. The monoisotopic (exact) mass is 278 g/mol. The molecule has 4 aliphatic carbocycles. The van der Waals surface area contributed by atoms with Gasteiger partial charge in [-0.3, -0.25) is 0 Å². The molecule has 3 heteroatoms. The predicted octanol–water partition coefficient (Wildman–Crippen LogP) is 3.68. The normalized spacial score (nSPS) is 41.7. The largest absolute Gasteiger partial charge is 0.435 e. The van der Waals surface area contributed by atoms with E-state index in [0.29, 0.717) is 11.5 Å². The Labute approximate surface area is 121 Å². The van der Waals surface area contributed by atoms with Gasteiger partial charge in [0.2, 0.25) is 0 Å². The van der Waals surface area contributed by atoms with Crippen LogP contribution in [0, 0.1) is 23.7 Å². The number of rotatable bonds is 5. The summed E-state index contributed by atoms with van der Waals surface area (Å²) in [5, 5.41) is 0. The lowest BCUT2D eigenvalue weighted by Gasteiger charge is -2.60. The Kier molecular flexibility index (Phi) is 3.65. The third-order valence-electron chi connectivity index (χ3n) is 5.78. The maximum atomic E-state index is 11.5. The maximum absolute atomic E-state index is 11.5. The van der Waals surface area contributed by atoms with Gasteiger partial charge in [0.05, 0.1) is 5.60 Å². The van der Waals surface area contributed by atoms with Crippen molar-refractivity contribution in [3.05, 3.63) is 12.2 Å². The molecule has 0 aromatic heterocycles. The average molecular weight is 278 g/mol. The van der Waals surface area contributed by atoms with Crippen LogP contribution in [0.3, 0.4) is 0 Å². The summed E-state index contributed by atoms with van der Waals surface area (Å²) in [5.41, 5.74) is 0.421. The van der Waals surface area contributed by atoms with Gasteiger partial charge in [-0.2, -0.15) is 0 Å². The molecule has 0 spiro atoms. The number of carbonyl (C=O) groups excluding carboxylic acids is 1. The van der Waals surface area contributed by atoms with Gasteiger partial charge < -0.3 is 9.47 Å². The number of ether oxygens (including phenoxy) is 2. The van der Waals surface area contributed by atoms with Crippen molar-refractivity contribution >= 4 is 5.97 Å². The van der Waals surface area contributed by atoms with Crippen LogP contribution in [0.15, 0.2) is 12.2 Å². The lowest BCUT2D eigenvalue weighted by Crippen LogP contribution is -2.58. The zero-order valence-electron chi connectivity index (χ0n) is 12.7. The second-order valence-electron chi connectivity index (χ2n) is 7.16. The molecular weight excluding hydrogens is 252 g/mol. The molecule has 0 amide bonds. The third kappa shape index (κ3) is 2.30. The highest BCUT2D eigenvalue weighted by molar-refractivity contribution is 5.86. The molecule has 112 valence electrons. The Balaban J connectivity index is 1.66. The molecule has 4 fully saturated rings. The molecule has 3 atom stereocenters. The molecule has 0 saturated heterocycles. The van der Waals surface area contributed by atoms with Crippen LogP contribution in [-0.2, 0) is 14.3 Å². The van der Waals surface area contributed by atoms with Crippen LogP contribution in [-0.4, -0.2) is 18.4 Å². The second kappa shape index (κ2) is 5.18. The molecular formula is C17H26O3. The SMILES string of the molecule is C=C(C)C(=O)OCOC12CC3CC(CC(C3)C1CC)C2. The van der Waals surface area contributed by atoms with Crippen molar-refractivity contribution in [1.82, 2.24) is 0 Å². The van der Waals surface area contributed by atoms with Crippen LogP contribution in [0.5, 0.6) is 0 Å². The van der Waals surface area contributed by atoms with Gasteiger partial charge in [-0.05, 0) is 62.7 Å². The van der Waals surface area contributed by atoms with Gasteiger partial charge in [0, 0.05) is 5.57 Å². The molecule has 0 heterocycles. The molecule has 4 saturated carbocycles. The lowest BCUT2D eigenvalue weighted by atomic mass is 9.49. The fourth-order valence-electron chi connectivity index (χ4n) is 5.32. The van der Waals surface area contributed by atoms with Gasteiger partial charge in [0.1, 0.15) is 0 Å². The van der Waals surface area contributed by atoms with Gasteiger partial charge in [-0.25, -0.2) is 4.79 Å². The Hall–Kier alpha value is -0.830. The molecule has 4 bridgehead atoms. The zero-order chi connectivity index (χ0) is 14.3. The van der Waals surface area contributed by atoms with Crippen LogP contribution in [0.4, 0.5) is 0 Å². The van der Waals surface area contributed by atoms with E-state index < -0.39 is 0 Å². The predicted molar refractivity (Wildman–Crippen MR) is 76.9 cm³/mol. The van der Waals surface area contributed by atoms with E-state index in [4.69, 9.17) is 9.47 Å². The highest BCUT2D eigenvalue weighted by atomic mass is 16.7. The average Bonchev–Trinajstić information content (AvgIpc) is 2.37. The summed E-state index contributed by atoms with van der Waals surface area (Å²) in [5.74, 6) is 2.82. The van der Waals surface area contributed by atoms with E-state index in [1.165, 1.54) is 38.5 Å².